The highest BCUT2D eigenvalue weighted by Crippen LogP contribution is 2.18. The summed E-state index contributed by atoms with van der Waals surface area (Å²) in [6.07, 6.45) is 0. The lowest BCUT2D eigenvalue weighted by Crippen LogP contribution is -2.18. The first-order chi connectivity index (χ1) is 6.56. The SMILES string of the molecule is COC[C@@H](N)c1cc(F)c(F)cc1F. The van der Waals surface area contributed by atoms with Crippen molar-refractivity contribution < 1.29 is 17.9 Å². The minimum Gasteiger partial charge on any atom is -0.383 e. The monoisotopic (exact) mass is 205 g/mol. The van der Waals surface area contributed by atoms with Gasteiger partial charge in [-0.3, -0.25) is 0 Å². The highest BCUT2D eigenvalue weighted by molar-refractivity contribution is 5.23. The molecular weight excluding hydrogens is 195 g/mol. The van der Waals surface area contributed by atoms with Crippen LogP contribution in [0.2, 0.25) is 0 Å². The number of halogens is 3. The molecule has 0 heterocycles. The van der Waals surface area contributed by atoms with E-state index >= 15 is 0 Å². The van der Waals surface area contributed by atoms with Gasteiger partial charge in [0, 0.05) is 18.7 Å². The van der Waals surface area contributed by atoms with Crippen molar-refractivity contribution in [1.82, 2.24) is 0 Å². The van der Waals surface area contributed by atoms with Crippen molar-refractivity contribution >= 4 is 0 Å². The van der Waals surface area contributed by atoms with Gasteiger partial charge in [-0.25, -0.2) is 13.2 Å². The van der Waals surface area contributed by atoms with Crippen LogP contribution in [0.3, 0.4) is 0 Å². The number of hydrogen-bond donors (Lipinski definition) is 1. The molecule has 0 radical (unpaired) electrons. The van der Waals surface area contributed by atoms with Crippen LogP contribution in [0.5, 0.6) is 0 Å². The predicted octanol–water partition coefficient (Wildman–Crippen LogP) is 1.75. The van der Waals surface area contributed by atoms with Crippen molar-refractivity contribution in [1.29, 1.82) is 0 Å². The highest BCUT2D eigenvalue weighted by Gasteiger charge is 2.15. The van der Waals surface area contributed by atoms with Crippen molar-refractivity contribution in [2.75, 3.05) is 13.7 Å². The maximum absolute atomic E-state index is 13.1. The maximum atomic E-state index is 13.1. The fourth-order valence-electron chi connectivity index (χ4n) is 1.09. The zero-order chi connectivity index (χ0) is 10.7. The Kier molecular flexibility index (Phi) is 3.49. The van der Waals surface area contributed by atoms with E-state index in [0.29, 0.717) is 6.07 Å². The Morgan fingerprint density at radius 1 is 1.21 bits per heavy atom. The van der Waals surface area contributed by atoms with Crippen molar-refractivity contribution in [2.24, 2.45) is 5.73 Å². The van der Waals surface area contributed by atoms with E-state index in [-0.39, 0.29) is 12.2 Å². The standard InChI is InChI=1S/C9H10F3NO/c1-14-4-9(13)5-2-7(11)8(12)3-6(5)10/h2-3,9H,4,13H2,1H3/t9-/m1/s1. The summed E-state index contributed by atoms with van der Waals surface area (Å²) in [5.74, 6) is -3.21. The Labute approximate surface area is 79.5 Å². The molecule has 0 bridgehead atoms. The van der Waals surface area contributed by atoms with Crippen molar-refractivity contribution in [3.8, 4) is 0 Å². The molecule has 0 aliphatic heterocycles. The summed E-state index contributed by atoms with van der Waals surface area (Å²) in [4.78, 5) is 0. The van der Waals surface area contributed by atoms with Crippen LogP contribution in [0.1, 0.15) is 11.6 Å². The summed E-state index contributed by atoms with van der Waals surface area (Å²) in [5.41, 5.74) is 5.38. The second-order valence-corrected chi connectivity index (χ2v) is 2.85. The first-order valence-corrected chi connectivity index (χ1v) is 3.95. The highest BCUT2D eigenvalue weighted by atomic mass is 19.2. The van der Waals surface area contributed by atoms with Crippen molar-refractivity contribution in [3.63, 3.8) is 0 Å². The molecule has 0 fully saturated rings. The smallest absolute Gasteiger partial charge is 0.161 e. The van der Waals surface area contributed by atoms with E-state index < -0.39 is 23.5 Å². The van der Waals surface area contributed by atoms with Gasteiger partial charge >= 0.3 is 0 Å². The first kappa shape index (κ1) is 11.0. The molecule has 1 aromatic carbocycles. The lowest BCUT2D eigenvalue weighted by Gasteiger charge is -2.11. The normalized spacial score (nSPS) is 12.9. The van der Waals surface area contributed by atoms with Crippen LogP contribution in [-0.2, 0) is 4.74 Å². The molecule has 0 unspecified atom stereocenters. The molecule has 0 saturated carbocycles. The largest absolute Gasteiger partial charge is 0.383 e. The molecule has 0 aliphatic rings. The van der Waals surface area contributed by atoms with Crippen LogP contribution in [-0.4, -0.2) is 13.7 Å². The number of rotatable bonds is 3. The van der Waals surface area contributed by atoms with Gasteiger partial charge in [-0.15, -0.1) is 0 Å². The van der Waals surface area contributed by atoms with E-state index in [1.807, 2.05) is 0 Å². The molecule has 0 spiro atoms. The molecule has 0 aromatic heterocycles. The average Bonchev–Trinajstić information content (AvgIpc) is 2.11. The number of benzene rings is 1. The number of hydrogen-bond acceptors (Lipinski definition) is 2. The molecule has 5 heteroatoms. The van der Waals surface area contributed by atoms with Gasteiger partial charge in [0.15, 0.2) is 11.6 Å². The molecule has 0 saturated heterocycles. The summed E-state index contributed by atoms with van der Waals surface area (Å²) >= 11 is 0. The van der Waals surface area contributed by atoms with Gasteiger partial charge in [0.2, 0.25) is 0 Å². The van der Waals surface area contributed by atoms with Gasteiger partial charge in [-0.1, -0.05) is 0 Å². The molecule has 14 heavy (non-hydrogen) atoms. The Balaban J connectivity index is 3.02. The number of methoxy groups -OCH3 is 1. The quantitative estimate of drug-likeness (QED) is 0.763. The Hall–Kier alpha value is -1.07. The number of ether oxygens (including phenoxy) is 1. The van der Waals surface area contributed by atoms with Crippen LogP contribution in [0.4, 0.5) is 13.2 Å². The first-order valence-electron chi connectivity index (χ1n) is 3.95. The Morgan fingerprint density at radius 2 is 1.79 bits per heavy atom. The third-order valence-corrected chi connectivity index (χ3v) is 1.79. The second-order valence-electron chi connectivity index (χ2n) is 2.85. The van der Waals surface area contributed by atoms with Gasteiger partial charge in [0.05, 0.1) is 12.6 Å². The lowest BCUT2D eigenvalue weighted by molar-refractivity contribution is 0.179. The molecule has 2 nitrogen and oxygen atoms in total. The summed E-state index contributed by atoms with van der Waals surface area (Å²) in [6, 6.07) is 0.421. The van der Waals surface area contributed by atoms with Gasteiger partial charge < -0.3 is 10.5 Å². The van der Waals surface area contributed by atoms with Crippen LogP contribution in [0.15, 0.2) is 12.1 Å². The van der Waals surface area contributed by atoms with Crippen molar-refractivity contribution in [2.45, 2.75) is 6.04 Å². The van der Waals surface area contributed by atoms with Crippen LogP contribution in [0, 0.1) is 17.5 Å². The van der Waals surface area contributed by atoms with E-state index in [9.17, 15) is 13.2 Å². The minimum atomic E-state index is -1.23. The Morgan fingerprint density at radius 3 is 2.36 bits per heavy atom. The fraction of sp³-hybridized carbons (Fsp3) is 0.333. The molecule has 1 rings (SSSR count). The summed E-state index contributed by atoms with van der Waals surface area (Å²) in [5, 5.41) is 0. The average molecular weight is 205 g/mol. The predicted molar refractivity (Wildman–Crippen MR) is 45.1 cm³/mol. The Bertz CT molecular complexity index is 330. The second kappa shape index (κ2) is 4.43. The van der Waals surface area contributed by atoms with Gasteiger partial charge in [-0.2, -0.15) is 0 Å². The van der Waals surface area contributed by atoms with E-state index in [2.05, 4.69) is 4.74 Å². The summed E-state index contributed by atoms with van der Waals surface area (Å²) in [6.45, 7) is 0.0436. The molecule has 1 atom stereocenters. The zero-order valence-corrected chi connectivity index (χ0v) is 7.56. The molecule has 2 N–H and O–H groups in total. The maximum Gasteiger partial charge on any atom is 0.161 e. The van der Waals surface area contributed by atoms with E-state index in [1.165, 1.54) is 7.11 Å². The molecule has 1 aromatic rings. The van der Waals surface area contributed by atoms with E-state index in [1.54, 1.807) is 0 Å². The number of nitrogens with two attached hydrogens (primary N) is 1. The summed E-state index contributed by atoms with van der Waals surface area (Å²) < 4.78 is 43.0. The van der Waals surface area contributed by atoms with E-state index in [0.717, 1.165) is 6.07 Å². The third-order valence-electron chi connectivity index (χ3n) is 1.79. The minimum absolute atomic E-state index is 0.0436. The fourth-order valence-corrected chi connectivity index (χ4v) is 1.09. The van der Waals surface area contributed by atoms with Crippen LogP contribution >= 0.6 is 0 Å². The zero-order valence-electron chi connectivity index (χ0n) is 7.56. The van der Waals surface area contributed by atoms with E-state index in [4.69, 9.17) is 5.73 Å². The topological polar surface area (TPSA) is 35.2 Å². The van der Waals surface area contributed by atoms with Gasteiger partial charge in [-0.05, 0) is 6.07 Å². The van der Waals surface area contributed by atoms with Gasteiger partial charge in [0.25, 0.3) is 0 Å². The van der Waals surface area contributed by atoms with Crippen molar-refractivity contribution in [3.05, 3.63) is 35.1 Å². The van der Waals surface area contributed by atoms with Crippen LogP contribution in [0.25, 0.3) is 0 Å². The molecule has 78 valence electrons. The lowest BCUT2D eigenvalue weighted by atomic mass is 10.1. The molecule has 0 amide bonds. The van der Waals surface area contributed by atoms with Crippen LogP contribution < -0.4 is 5.73 Å². The molecular formula is C9H10F3NO. The third kappa shape index (κ3) is 2.24. The summed E-state index contributed by atoms with van der Waals surface area (Å²) in [7, 11) is 1.39. The molecule has 0 aliphatic carbocycles. The van der Waals surface area contributed by atoms with Gasteiger partial charge in [0.1, 0.15) is 5.82 Å².